The van der Waals surface area contributed by atoms with Crippen LogP contribution >= 0.6 is 11.3 Å². The minimum absolute atomic E-state index is 0.515. The van der Waals surface area contributed by atoms with Gasteiger partial charge < -0.3 is 20.4 Å². The Morgan fingerprint density at radius 1 is 1.23 bits per heavy atom. The first-order chi connectivity index (χ1) is 12.7. The van der Waals surface area contributed by atoms with Crippen molar-refractivity contribution in [1.29, 1.82) is 0 Å². The Labute approximate surface area is 160 Å². The fourth-order valence-corrected chi connectivity index (χ4v) is 5.18. The quantitative estimate of drug-likeness (QED) is 0.868. The van der Waals surface area contributed by atoms with Crippen LogP contribution in [-0.2, 0) is 0 Å². The fraction of sp³-hybridized carbons (Fsp3) is 0.684. The van der Waals surface area contributed by atoms with Gasteiger partial charge in [0.15, 0.2) is 5.82 Å². The van der Waals surface area contributed by atoms with Gasteiger partial charge in [-0.2, -0.15) is 4.98 Å². The summed E-state index contributed by atoms with van der Waals surface area (Å²) in [6.07, 6.45) is 5.83. The molecular weight excluding hydrogens is 344 g/mol. The van der Waals surface area contributed by atoms with E-state index in [4.69, 9.17) is 15.7 Å². The zero-order valence-corrected chi connectivity index (χ0v) is 16.7. The number of rotatable bonds is 5. The van der Waals surface area contributed by atoms with Gasteiger partial charge in [0.1, 0.15) is 0 Å². The molecule has 1 atom stereocenters. The highest BCUT2D eigenvalue weighted by molar-refractivity contribution is 7.17. The van der Waals surface area contributed by atoms with E-state index in [2.05, 4.69) is 40.2 Å². The molecule has 2 aliphatic heterocycles. The molecule has 142 valence electrons. The van der Waals surface area contributed by atoms with Crippen molar-refractivity contribution in [2.24, 2.45) is 5.73 Å². The minimum Gasteiger partial charge on any atom is -0.352 e. The second-order valence-electron chi connectivity index (χ2n) is 7.69. The van der Waals surface area contributed by atoms with Gasteiger partial charge in [-0.15, -0.1) is 11.3 Å². The normalized spacial score (nSPS) is 22.4. The Balaban J connectivity index is 1.66. The van der Waals surface area contributed by atoms with Crippen LogP contribution in [0.2, 0.25) is 0 Å². The molecule has 0 radical (unpaired) electrons. The van der Waals surface area contributed by atoms with Gasteiger partial charge in [0.2, 0.25) is 5.95 Å². The number of hydrogen-bond acceptors (Lipinski definition) is 7. The van der Waals surface area contributed by atoms with Gasteiger partial charge in [0.05, 0.1) is 10.2 Å². The Kier molecular flexibility index (Phi) is 5.29. The summed E-state index contributed by atoms with van der Waals surface area (Å²) in [4.78, 5) is 17.2. The fourth-order valence-electron chi connectivity index (χ4n) is 4.34. The molecule has 0 aromatic carbocycles. The highest BCUT2D eigenvalue weighted by Crippen LogP contribution is 2.36. The van der Waals surface area contributed by atoms with Crippen LogP contribution in [0.25, 0.3) is 10.2 Å². The molecule has 4 heterocycles. The average Bonchev–Trinajstić information content (AvgIpc) is 3.30. The standard InChI is InChI=1S/C19H30N6S/c1-23-11-6-14(7-12-23)24(2)19-21-16-8-13-26-17(16)18(22-19)25-10-3-4-15(25)5-9-20/h8,13-15H,3-7,9-12,20H2,1-2H3/t15-/m0/s1. The van der Waals surface area contributed by atoms with Crippen molar-refractivity contribution < 1.29 is 0 Å². The van der Waals surface area contributed by atoms with Crippen molar-refractivity contribution in [3.05, 3.63) is 11.4 Å². The first-order valence-electron chi connectivity index (χ1n) is 9.80. The maximum atomic E-state index is 5.86. The van der Waals surface area contributed by atoms with Crippen molar-refractivity contribution in [1.82, 2.24) is 14.9 Å². The van der Waals surface area contributed by atoms with E-state index in [9.17, 15) is 0 Å². The first-order valence-corrected chi connectivity index (χ1v) is 10.7. The lowest BCUT2D eigenvalue weighted by molar-refractivity contribution is 0.252. The highest BCUT2D eigenvalue weighted by Gasteiger charge is 2.29. The Hall–Kier alpha value is -1.44. The van der Waals surface area contributed by atoms with Crippen LogP contribution in [-0.4, -0.2) is 67.2 Å². The molecule has 26 heavy (non-hydrogen) atoms. The van der Waals surface area contributed by atoms with Crippen LogP contribution < -0.4 is 15.5 Å². The molecular formula is C19H30N6S. The number of aromatic nitrogens is 2. The van der Waals surface area contributed by atoms with Gasteiger partial charge in [0, 0.05) is 25.7 Å². The zero-order valence-electron chi connectivity index (χ0n) is 15.9. The van der Waals surface area contributed by atoms with Gasteiger partial charge in [-0.25, -0.2) is 4.98 Å². The summed E-state index contributed by atoms with van der Waals surface area (Å²) in [6, 6.07) is 3.17. The summed E-state index contributed by atoms with van der Waals surface area (Å²) in [5.41, 5.74) is 6.94. The van der Waals surface area contributed by atoms with E-state index in [-0.39, 0.29) is 0 Å². The van der Waals surface area contributed by atoms with Gasteiger partial charge in [0.25, 0.3) is 0 Å². The predicted octanol–water partition coefficient (Wildman–Crippen LogP) is 2.54. The summed E-state index contributed by atoms with van der Waals surface area (Å²) in [5, 5.41) is 2.14. The van der Waals surface area contributed by atoms with E-state index >= 15 is 0 Å². The molecule has 2 N–H and O–H groups in total. The maximum Gasteiger partial charge on any atom is 0.227 e. The lowest BCUT2D eigenvalue weighted by Crippen LogP contribution is -2.42. The molecule has 2 aromatic heterocycles. The van der Waals surface area contributed by atoms with Crippen molar-refractivity contribution >= 4 is 33.3 Å². The molecule has 2 saturated heterocycles. The van der Waals surface area contributed by atoms with E-state index in [1.165, 1.54) is 30.4 Å². The van der Waals surface area contributed by atoms with Crippen molar-refractivity contribution in [3.63, 3.8) is 0 Å². The Morgan fingerprint density at radius 2 is 2.04 bits per heavy atom. The molecule has 6 nitrogen and oxygen atoms in total. The lowest BCUT2D eigenvalue weighted by Gasteiger charge is -2.35. The molecule has 7 heteroatoms. The molecule has 2 aromatic rings. The smallest absolute Gasteiger partial charge is 0.227 e. The van der Waals surface area contributed by atoms with E-state index in [1.807, 2.05) is 0 Å². The predicted molar refractivity (Wildman–Crippen MR) is 110 cm³/mol. The minimum atomic E-state index is 0.515. The molecule has 0 amide bonds. The molecule has 2 fully saturated rings. The third-order valence-electron chi connectivity index (χ3n) is 5.97. The summed E-state index contributed by atoms with van der Waals surface area (Å²) in [5.74, 6) is 1.99. The van der Waals surface area contributed by atoms with Gasteiger partial charge in [-0.05, 0) is 70.2 Å². The van der Waals surface area contributed by atoms with E-state index in [0.29, 0.717) is 12.1 Å². The molecule has 0 saturated carbocycles. The average molecular weight is 375 g/mol. The Bertz CT molecular complexity index is 739. The van der Waals surface area contributed by atoms with Crippen LogP contribution in [0.3, 0.4) is 0 Å². The van der Waals surface area contributed by atoms with Crippen LogP contribution in [0.1, 0.15) is 32.1 Å². The second-order valence-corrected chi connectivity index (χ2v) is 8.61. The monoisotopic (exact) mass is 374 g/mol. The number of hydrogen-bond donors (Lipinski definition) is 1. The van der Waals surface area contributed by atoms with E-state index < -0.39 is 0 Å². The zero-order chi connectivity index (χ0) is 18.1. The van der Waals surface area contributed by atoms with Crippen LogP contribution in [0.15, 0.2) is 11.4 Å². The second kappa shape index (κ2) is 7.66. The molecule has 0 aliphatic carbocycles. The number of likely N-dealkylation sites (tertiary alicyclic amines) is 1. The Morgan fingerprint density at radius 3 is 2.81 bits per heavy atom. The van der Waals surface area contributed by atoms with E-state index in [0.717, 1.165) is 49.9 Å². The SMILES string of the molecule is CN1CCC(N(C)c2nc(N3CCC[C@H]3CCN)c3sccc3n2)CC1. The van der Waals surface area contributed by atoms with E-state index in [1.54, 1.807) is 11.3 Å². The summed E-state index contributed by atoms with van der Waals surface area (Å²) >= 11 is 1.75. The number of anilines is 2. The van der Waals surface area contributed by atoms with Crippen LogP contribution in [0.5, 0.6) is 0 Å². The molecule has 2 aliphatic rings. The van der Waals surface area contributed by atoms with Crippen molar-refractivity contribution in [2.45, 2.75) is 44.2 Å². The molecule has 0 bridgehead atoms. The largest absolute Gasteiger partial charge is 0.352 e. The highest BCUT2D eigenvalue weighted by atomic mass is 32.1. The van der Waals surface area contributed by atoms with Gasteiger partial charge >= 0.3 is 0 Å². The molecule has 0 unspecified atom stereocenters. The number of nitrogens with zero attached hydrogens (tertiary/aromatic N) is 5. The maximum absolute atomic E-state index is 5.86. The topological polar surface area (TPSA) is 61.5 Å². The van der Waals surface area contributed by atoms with Gasteiger partial charge in [-0.1, -0.05) is 0 Å². The number of fused-ring (bicyclic) bond motifs is 1. The summed E-state index contributed by atoms with van der Waals surface area (Å²) in [7, 11) is 4.36. The third-order valence-corrected chi connectivity index (χ3v) is 6.87. The van der Waals surface area contributed by atoms with Crippen LogP contribution in [0.4, 0.5) is 11.8 Å². The number of nitrogens with two attached hydrogens (primary N) is 1. The van der Waals surface area contributed by atoms with Gasteiger partial charge in [-0.3, -0.25) is 0 Å². The summed E-state index contributed by atoms with van der Waals surface area (Å²) < 4.78 is 1.22. The lowest BCUT2D eigenvalue weighted by atomic mass is 10.0. The van der Waals surface area contributed by atoms with Crippen LogP contribution in [0, 0.1) is 0 Å². The van der Waals surface area contributed by atoms with Crippen molar-refractivity contribution in [3.8, 4) is 0 Å². The molecule has 0 spiro atoms. The molecule has 4 rings (SSSR count). The third kappa shape index (κ3) is 3.40. The number of thiophene rings is 1. The number of piperidine rings is 1. The first kappa shape index (κ1) is 17.9. The van der Waals surface area contributed by atoms with Crippen molar-refractivity contribution in [2.75, 3.05) is 50.1 Å². The summed E-state index contributed by atoms with van der Waals surface area (Å²) in [6.45, 7) is 4.11.